The maximum atomic E-state index is 12.7. The first-order valence-electron chi connectivity index (χ1n) is 7.25. The summed E-state index contributed by atoms with van der Waals surface area (Å²) in [6.07, 6.45) is 0. The Balaban J connectivity index is 1.84. The Hall–Kier alpha value is -2.67. The van der Waals surface area contributed by atoms with E-state index in [1.807, 2.05) is 45.0 Å². The number of thiophene rings is 1. The van der Waals surface area contributed by atoms with Gasteiger partial charge in [0.25, 0.3) is 11.3 Å². The number of rotatable bonds is 2. The number of fused-ring (bicyclic) bond motifs is 2. The first-order chi connectivity index (χ1) is 11.0. The number of nitrogens with zero attached hydrogens (tertiary/aromatic N) is 3. The van der Waals surface area contributed by atoms with Gasteiger partial charge in [-0.25, -0.2) is 0 Å². The number of benzene rings is 1. The fourth-order valence-electron chi connectivity index (χ4n) is 2.52. The quantitative estimate of drug-likeness (QED) is 0.593. The van der Waals surface area contributed by atoms with Gasteiger partial charge in [0.1, 0.15) is 4.83 Å². The van der Waals surface area contributed by atoms with Crippen molar-refractivity contribution < 1.29 is 0 Å². The second kappa shape index (κ2) is 4.92. The lowest BCUT2D eigenvalue weighted by Gasteiger charge is -2.01. The summed E-state index contributed by atoms with van der Waals surface area (Å²) in [6.45, 7) is 5.98. The van der Waals surface area contributed by atoms with Gasteiger partial charge in [0, 0.05) is 10.6 Å². The van der Waals surface area contributed by atoms with Crippen molar-refractivity contribution in [3.05, 3.63) is 50.6 Å². The molecule has 1 aromatic carbocycles. The highest BCUT2D eigenvalue weighted by Gasteiger charge is 2.15. The van der Waals surface area contributed by atoms with Crippen molar-refractivity contribution in [1.82, 2.24) is 19.6 Å². The molecule has 0 radical (unpaired) electrons. The van der Waals surface area contributed by atoms with Crippen LogP contribution in [0.15, 0.2) is 29.1 Å². The molecule has 4 aromatic rings. The highest BCUT2D eigenvalue weighted by atomic mass is 32.1. The van der Waals surface area contributed by atoms with Crippen LogP contribution in [0, 0.1) is 20.8 Å². The summed E-state index contributed by atoms with van der Waals surface area (Å²) in [7, 11) is 0. The molecule has 0 fully saturated rings. The summed E-state index contributed by atoms with van der Waals surface area (Å²) in [5, 5.41) is 6.80. The van der Waals surface area contributed by atoms with Crippen molar-refractivity contribution in [3.8, 4) is 0 Å². The lowest BCUT2D eigenvalue weighted by Crippen LogP contribution is -2.15. The summed E-state index contributed by atoms with van der Waals surface area (Å²) >= 11 is 1.52. The zero-order valence-electron chi connectivity index (χ0n) is 13.0. The molecule has 116 valence electrons. The third kappa shape index (κ3) is 2.20. The van der Waals surface area contributed by atoms with Crippen molar-refractivity contribution in [2.45, 2.75) is 20.8 Å². The topological polar surface area (TPSA) is 75.1 Å². The van der Waals surface area contributed by atoms with Gasteiger partial charge in [-0.05, 0) is 38.5 Å². The molecule has 0 bridgehead atoms. The molecule has 0 atom stereocenters. The molecule has 0 unspecified atom stereocenters. The van der Waals surface area contributed by atoms with Crippen LogP contribution in [0.3, 0.4) is 0 Å². The van der Waals surface area contributed by atoms with Gasteiger partial charge < -0.3 is 5.32 Å². The van der Waals surface area contributed by atoms with E-state index in [4.69, 9.17) is 0 Å². The molecule has 6 nitrogen and oxygen atoms in total. The Labute approximate surface area is 135 Å². The molecule has 0 aliphatic rings. The van der Waals surface area contributed by atoms with E-state index in [1.54, 1.807) is 0 Å². The van der Waals surface area contributed by atoms with Gasteiger partial charge in [0.15, 0.2) is 0 Å². The zero-order chi connectivity index (χ0) is 16.1. The van der Waals surface area contributed by atoms with Crippen LogP contribution < -0.4 is 10.9 Å². The second-order valence-electron chi connectivity index (χ2n) is 5.58. The number of hydrogen-bond acceptors (Lipinski definition) is 5. The van der Waals surface area contributed by atoms with Crippen LogP contribution in [0.4, 0.5) is 11.6 Å². The molecule has 23 heavy (non-hydrogen) atoms. The predicted octanol–water partition coefficient (Wildman–Crippen LogP) is 3.30. The maximum absolute atomic E-state index is 12.7. The van der Waals surface area contributed by atoms with E-state index in [1.165, 1.54) is 21.4 Å². The summed E-state index contributed by atoms with van der Waals surface area (Å²) < 4.78 is 1.39. The van der Waals surface area contributed by atoms with Crippen LogP contribution in [0.5, 0.6) is 0 Å². The van der Waals surface area contributed by atoms with E-state index >= 15 is 0 Å². The number of aromatic nitrogens is 4. The number of aryl methyl sites for hydroxylation is 3. The van der Waals surface area contributed by atoms with Gasteiger partial charge in [0.2, 0.25) is 5.95 Å². The van der Waals surface area contributed by atoms with E-state index in [-0.39, 0.29) is 5.56 Å². The monoisotopic (exact) mass is 325 g/mol. The van der Waals surface area contributed by atoms with Crippen molar-refractivity contribution in [2.24, 2.45) is 0 Å². The van der Waals surface area contributed by atoms with Gasteiger partial charge in [0.05, 0.1) is 5.39 Å². The molecule has 7 heteroatoms. The summed E-state index contributed by atoms with van der Waals surface area (Å²) in [5.41, 5.74) is 2.96. The highest BCUT2D eigenvalue weighted by Crippen LogP contribution is 2.26. The van der Waals surface area contributed by atoms with Crippen molar-refractivity contribution in [2.75, 3.05) is 5.32 Å². The summed E-state index contributed by atoms with van der Waals surface area (Å²) in [6, 6.07) is 7.95. The number of hydrogen-bond donors (Lipinski definition) is 2. The van der Waals surface area contributed by atoms with Gasteiger partial charge in [-0.1, -0.05) is 17.7 Å². The van der Waals surface area contributed by atoms with Gasteiger partial charge in [-0.2, -0.15) is 14.5 Å². The van der Waals surface area contributed by atoms with E-state index in [0.29, 0.717) is 17.1 Å². The zero-order valence-corrected chi connectivity index (χ0v) is 13.8. The number of aromatic amines is 1. The van der Waals surface area contributed by atoms with Gasteiger partial charge in [-0.15, -0.1) is 11.3 Å². The van der Waals surface area contributed by atoms with Crippen molar-refractivity contribution in [1.29, 1.82) is 0 Å². The highest BCUT2D eigenvalue weighted by molar-refractivity contribution is 7.18. The van der Waals surface area contributed by atoms with Crippen LogP contribution in [0.1, 0.15) is 16.0 Å². The molecule has 0 aliphatic carbocycles. The van der Waals surface area contributed by atoms with E-state index in [2.05, 4.69) is 20.4 Å². The molecule has 2 N–H and O–H groups in total. The first-order valence-corrected chi connectivity index (χ1v) is 8.07. The smallest absolute Gasteiger partial charge is 0.283 e. The molecule has 0 saturated heterocycles. The molecule has 0 saturated carbocycles. The fraction of sp³-hybridized carbons (Fsp3) is 0.188. The third-order valence-corrected chi connectivity index (χ3v) is 5.03. The average molecular weight is 325 g/mol. The van der Waals surface area contributed by atoms with Crippen LogP contribution >= 0.6 is 11.3 Å². The maximum Gasteiger partial charge on any atom is 0.283 e. The average Bonchev–Trinajstić information content (AvgIpc) is 3.04. The minimum atomic E-state index is -0.115. The number of anilines is 2. The van der Waals surface area contributed by atoms with Crippen molar-refractivity contribution in [3.63, 3.8) is 0 Å². The molecular weight excluding hydrogens is 310 g/mol. The van der Waals surface area contributed by atoms with E-state index < -0.39 is 0 Å². The Kier molecular flexibility index (Phi) is 2.99. The minimum Gasteiger partial charge on any atom is -0.325 e. The summed E-state index contributed by atoms with van der Waals surface area (Å²) in [4.78, 5) is 23.4. The van der Waals surface area contributed by atoms with Gasteiger partial charge in [-0.3, -0.25) is 9.89 Å². The lowest BCUT2D eigenvalue weighted by atomic mass is 10.2. The molecule has 3 heterocycles. The SMILES string of the molecule is Cc1ccc(Nc2nc3nc4sc(C)c(C)c4c(=O)n3[nH]2)cc1. The number of H-pyrrole nitrogens is 1. The van der Waals surface area contributed by atoms with Crippen LogP contribution in [-0.4, -0.2) is 19.6 Å². The standard InChI is InChI=1S/C16H15N5OS/c1-8-4-6-11(7-5-8)17-15-19-16-18-13-12(9(2)10(3)23-13)14(22)21(16)20-15/h4-7H,1-3H3,(H2,17,18,19,20). The van der Waals surface area contributed by atoms with Crippen molar-refractivity contribution >= 4 is 39.0 Å². The summed E-state index contributed by atoms with van der Waals surface area (Å²) in [5.74, 6) is 0.865. The largest absolute Gasteiger partial charge is 0.325 e. The predicted molar refractivity (Wildman–Crippen MR) is 92.9 cm³/mol. The normalized spacial score (nSPS) is 11.4. The van der Waals surface area contributed by atoms with E-state index in [0.717, 1.165) is 21.0 Å². The molecule has 0 amide bonds. The Bertz CT molecular complexity index is 1090. The fourth-order valence-corrected chi connectivity index (χ4v) is 3.53. The molecular formula is C16H15N5OS. The van der Waals surface area contributed by atoms with Gasteiger partial charge >= 0.3 is 0 Å². The molecule has 3 aromatic heterocycles. The molecule has 0 spiro atoms. The Morgan fingerprint density at radius 3 is 2.61 bits per heavy atom. The molecule has 4 rings (SSSR count). The van der Waals surface area contributed by atoms with Crippen LogP contribution in [0.25, 0.3) is 16.0 Å². The Morgan fingerprint density at radius 1 is 1.13 bits per heavy atom. The lowest BCUT2D eigenvalue weighted by molar-refractivity contribution is 0.919. The minimum absolute atomic E-state index is 0.115. The van der Waals surface area contributed by atoms with Crippen LogP contribution in [0.2, 0.25) is 0 Å². The third-order valence-electron chi connectivity index (χ3n) is 3.93. The number of nitrogens with one attached hydrogen (secondary N) is 2. The van der Waals surface area contributed by atoms with Crippen LogP contribution in [-0.2, 0) is 0 Å². The first kappa shape index (κ1) is 14.0. The second-order valence-corrected chi connectivity index (χ2v) is 6.78. The molecule has 0 aliphatic heterocycles. The van der Waals surface area contributed by atoms with E-state index in [9.17, 15) is 4.79 Å². The Morgan fingerprint density at radius 2 is 1.87 bits per heavy atom.